The molecule has 4 nitrogen and oxygen atoms in total. The second-order valence-corrected chi connectivity index (χ2v) is 9.99. The monoisotopic (exact) mass is 404 g/mol. The van der Waals surface area contributed by atoms with Crippen molar-refractivity contribution in [1.29, 1.82) is 0 Å². The number of halogens is 1. The molecule has 4 fully saturated rings. The lowest BCUT2D eigenvalue weighted by atomic mass is 9.49. The van der Waals surface area contributed by atoms with E-state index < -0.39 is 6.10 Å². The fraction of sp³-hybridized carbons (Fsp3) is 0.696. The highest BCUT2D eigenvalue weighted by Gasteiger charge is 2.50. The topological polar surface area (TPSA) is 61.4 Å². The summed E-state index contributed by atoms with van der Waals surface area (Å²) in [5.74, 6) is 2.57. The van der Waals surface area contributed by atoms with Gasteiger partial charge in [-0.2, -0.15) is 0 Å². The second kappa shape index (κ2) is 8.33. The van der Waals surface area contributed by atoms with Crippen LogP contribution in [0.15, 0.2) is 18.2 Å². The molecule has 3 N–H and O–H groups in total. The number of hydrogen-bond donors (Lipinski definition) is 3. The Kier molecular flexibility index (Phi) is 6.01. The highest BCUT2D eigenvalue weighted by atomic mass is 35.5. The number of aliphatic hydroxyl groups is 1. The summed E-state index contributed by atoms with van der Waals surface area (Å²) in [6, 6.07) is 5.51. The average molecular weight is 405 g/mol. The van der Waals surface area contributed by atoms with Crippen LogP contribution in [0, 0.1) is 23.2 Å². The van der Waals surface area contributed by atoms with E-state index in [0.29, 0.717) is 29.0 Å². The zero-order valence-corrected chi connectivity index (χ0v) is 17.6. The summed E-state index contributed by atoms with van der Waals surface area (Å²) in [5.41, 5.74) is 1.78. The van der Waals surface area contributed by atoms with Crippen LogP contribution in [-0.2, 0) is 6.42 Å². The first-order valence-corrected chi connectivity index (χ1v) is 11.3. The maximum atomic E-state index is 12.9. The van der Waals surface area contributed by atoms with Crippen molar-refractivity contribution in [1.82, 2.24) is 10.6 Å². The fourth-order valence-electron chi connectivity index (χ4n) is 6.40. The fourth-order valence-corrected chi connectivity index (χ4v) is 6.60. The quantitative estimate of drug-likeness (QED) is 0.617. The maximum absolute atomic E-state index is 12.9. The van der Waals surface area contributed by atoms with Crippen molar-refractivity contribution in [3.63, 3.8) is 0 Å². The third-order valence-corrected chi connectivity index (χ3v) is 7.50. The molecule has 0 radical (unpaired) electrons. The van der Waals surface area contributed by atoms with E-state index in [2.05, 4.69) is 10.6 Å². The Bertz CT molecular complexity index is 685. The van der Waals surface area contributed by atoms with Crippen molar-refractivity contribution in [2.24, 2.45) is 23.2 Å². The van der Waals surface area contributed by atoms with Crippen LogP contribution < -0.4 is 10.6 Å². The molecule has 1 atom stereocenters. The Morgan fingerprint density at radius 1 is 1.21 bits per heavy atom. The first kappa shape index (κ1) is 20.2. The number of carbonyl (C=O) groups is 1. The molecule has 1 aromatic carbocycles. The third-order valence-electron chi connectivity index (χ3n) is 7.17. The van der Waals surface area contributed by atoms with Gasteiger partial charge in [0, 0.05) is 13.1 Å². The van der Waals surface area contributed by atoms with E-state index in [0.717, 1.165) is 36.4 Å². The normalized spacial score (nSPS) is 31.8. The van der Waals surface area contributed by atoms with Crippen LogP contribution in [0.4, 0.5) is 0 Å². The van der Waals surface area contributed by atoms with Gasteiger partial charge >= 0.3 is 0 Å². The lowest BCUT2D eigenvalue weighted by Crippen LogP contribution is -2.51. The molecule has 0 aromatic heterocycles. The van der Waals surface area contributed by atoms with E-state index in [4.69, 9.17) is 11.6 Å². The van der Waals surface area contributed by atoms with Gasteiger partial charge in [0.25, 0.3) is 5.91 Å². The van der Waals surface area contributed by atoms with Gasteiger partial charge in [0.1, 0.15) is 0 Å². The highest BCUT2D eigenvalue weighted by molar-refractivity contribution is 6.33. The molecule has 28 heavy (non-hydrogen) atoms. The Balaban J connectivity index is 1.38. The van der Waals surface area contributed by atoms with Crippen LogP contribution in [0.5, 0.6) is 0 Å². The van der Waals surface area contributed by atoms with Crippen molar-refractivity contribution < 1.29 is 9.90 Å². The number of amides is 1. The van der Waals surface area contributed by atoms with Gasteiger partial charge in [-0.1, -0.05) is 24.6 Å². The zero-order valence-electron chi connectivity index (χ0n) is 16.8. The van der Waals surface area contributed by atoms with Crippen molar-refractivity contribution in [2.45, 2.75) is 58.0 Å². The van der Waals surface area contributed by atoms with Gasteiger partial charge in [0.2, 0.25) is 0 Å². The number of likely N-dealkylation sites (N-methyl/N-ethyl adjacent to an activating group) is 1. The summed E-state index contributed by atoms with van der Waals surface area (Å²) >= 11 is 6.33. The predicted octanol–water partition coefficient (Wildman–Crippen LogP) is 3.80. The molecular weight excluding hydrogens is 372 g/mol. The Morgan fingerprint density at radius 3 is 2.46 bits per heavy atom. The van der Waals surface area contributed by atoms with Crippen LogP contribution in [0.3, 0.4) is 0 Å². The number of aliphatic hydroxyl groups excluding tert-OH is 1. The smallest absolute Gasteiger partial charge is 0.252 e. The van der Waals surface area contributed by atoms with Crippen LogP contribution in [0.2, 0.25) is 5.02 Å². The predicted molar refractivity (Wildman–Crippen MR) is 113 cm³/mol. The third kappa shape index (κ3) is 4.39. The molecule has 0 saturated heterocycles. The summed E-state index contributed by atoms with van der Waals surface area (Å²) in [6.45, 7) is 4.17. The molecule has 5 rings (SSSR count). The standard InChI is InChI=1S/C23H33ClN2O2/c1-2-25-13-19(27)8-15-3-4-21(24)20(9-15)22(28)26-14-23-10-16-5-17(11-23)7-18(6-16)12-23/h3-4,9,16-19,25,27H,2,5-8,10-14H2,1H3,(H,26,28). The lowest BCUT2D eigenvalue weighted by Gasteiger charge is -2.56. The largest absolute Gasteiger partial charge is 0.391 e. The van der Waals surface area contributed by atoms with Crippen LogP contribution in [0.25, 0.3) is 0 Å². The average Bonchev–Trinajstić information content (AvgIpc) is 2.65. The summed E-state index contributed by atoms with van der Waals surface area (Å²) in [5, 5.41) is 17.0. The Labute approximate surface area is 173 Å². The van der Waals surface area contributed by atoms with Crippen molar-refractivity contribution >= 4 is 17.5 Å². The van der Waals surface area contributed by atoms with Crippen molar-refractivity contribution in [3.8, 4) is 0 Å². The first-order valence-electron chi connectivity index (χ1n) is 10.9. The summed E-state index contributed by atoms with van der Waals surface area (Å²) in [6.07, 6.45) is 8.13. The van der Waals surface area contributed by atoms with Gasteiger partial charge in [-0.15, -0.1) is 0 Å². The molecule has 4 aliphatic rings. The van der Waals surface area contributed by atoms with E-state index in [1.165, 1.54) is 38.5 Å². The van der Waals surface area contributed by atoms with Gasteiger partial charge < -0.3 is 15.7 Å². The van der Waals surface area contributed by atoms with E-state index in [-0.39, 0.29) is 5.91 Å². The molecule has 1 aromatic rings. The minimum absolute atomic E-state index is 0.0798. The molecule has 5 heteroatoms. The van der Waals surface area contributed by atoms with E-state index in [9.17, 15) is 9.90 Å². The van der Waals surface area contributed by atoms with Crippen molar-refractivity contribution in [2.75, 3.05) is 19.6 Å². The number of rotatable bonds is 8. The minimum atomic E-state index is -0.468. The summed E-state index contributed by atoms with van der Waals surface area (Å²) < 4.78 is 0. The van der Waals surface area contributed by atoms with E-state index >= 15 is 0 Å². The molecule has 4 saturated carbocycles. The highest BCUT2D eigenvalue weighted by Crippen LogP contribution is 2.59. The molecule has 0 aliphatic heterocycles. The van der Waals surface area contributed by atoms with E-state index in [1.54, 1.807) is 6.07 Å². The molecule has 0 spiro atoms. The molecule has 154 valence electrons. The van der Waals surface area contributed by atoms with Gasteiger partial charge in [0.15, 0.2) is 0 Å². The minimum Gasteiger partial charge on any atom is -0.391 e. The zero-order chi connectivity index (χ0) is 19.7. The van der Waals surface area contributed by atoms with Gasteiger partial charge in [-0.05, 0) is 92.4 Å². The molecular formula is C23H33ClN2O2. The molecule has 1 amide bonds. The number of carbonyl (C=O) groups excluding carboxylic acids is 1. The Hall–Kier alpha value is -1.10. The molecule has 4 aliphatic carbocycles. The number of nitrogens with one attached hydrogen (secondary N) is 2. The molecule has 4 bridgehead atoms. The van der Waals surface area contributed by atoms with Crippen LogP contribution in [-0.4, -0.2) is 36.8 Å². The molecule has 1 unspecified atom stereocenters. The second-order valence-electron chi connectivity index (χ2n) is 9.58. The summed E-state index contributed by atoms with van der Waals surface area (Å²) in [4.78, 5) is 12.9. The van der Waals surface area contributed by atoms with Crippen LogP contribution >= 0.6 is 11.6 Å². The van der Waals surface area contributed by atoms with Crippen molar-refractivity contribution in [3.05, 3.63) is 34.3 Å². The SMILES string of the molecule is CCNCC(O)Cc1ccc(Cl)c(C(=O)NCC23CC4CC(CC(C4)C2)C3)c1. The van der Waals surface area contributed by atoms with Crippen LogP contribution in [0.1, 0.15) is 61.4 Å². The van der Waals surface area contributed by atoms with E-state index in [1.807, 2.05) is 19.1 Å². The number of benzene rings is 1. The molecule has 0 heterocycles. The van der Waals surface area contributed by atoms with Gasteiger partial charge in [-0.25, -0.2) is 0 Å². The number of hydrogen-bond acceptors (Lipinski definition) is 3. The first-order chi connectivity index (χ1) is 13.5. The lowest BCUT2D eigenvalue weighted by molar-refractivity contribution is -0.0503. The van der Waals surface area contributed by atoms with Gasteiger partial charge in [-0.3, -0.25) is 4.79 Å². The summed E-state index contributed by atoms with van der Waals surface area (Å²) in [7, 11) is 0. The maximum Gasteiger partial charge on any atom is 0.252 e. The Morgan fingerprint density at radius 2 is 1.86 bits per heavy atom. The van der Waals surface area contributed by atoms with Gasteiger partial charge in [0.05, 0.1) is 16.7 Å².